The predicted molar refractivity (Wildman–Crippen MR) is 110 cm³/mol. The number of hydrogen-bond acceptors (Lipinski definition) is 5. The van der Waals surface area contributed by atoms with Crippen molar-refractivity contribution in [2.75, 3.05) is 0 Å². The molecule has 0 spiro atoms. The van der Waals surface area contributed by atoms with Crippen LogP contribution in [0.5, 0.6) is 5.75 Å². The first-order valence-corrected chi connectivity index (χ1v) is 9.45. The zero-order valence-corrected chi connectivity index (χ0v) is 16.8. The zero-order chi connectivity index (χ0) is 22.1. The van der Waals surface area contributed by atoms with Crippen molar-refractivity contribution in [2.24, 2.45) is 0 Å². The van der Waals surface area contributed by atoms with Crippen molar-refractivity contribution < 1.29 is 18.3 Å². The lowest BCUT2D eigenvalue weighted by molar-refractivity contribution is -0.0498. The summed E-state index contributed by atoms with van der Waals surface area (Å²) in [7, 11) is 0. The van der Waals surface area contributed by atoms with E-state index in [9.17, 15) is 18.4 Å². The number of carbonyl (C=O) groups is 1. The number of aryl methyl sites for hydroxylation is 1. The van der Waals surface area contributed by atoms with E-state index < -0.39 is 6.61 Å². The highest BCUT2D eigenvalue weighted by Crippen LogP contribution is 2.24. The van der Waals surface area contributed by atoms with Gasteiger partial charge in [0.25, 0.3) is 5.56 Å². The highest BCUT2D eigenvalue weighted by molar-refractivity contribution is 5.97. The minimum Gasteiger partial charge on any atom is -0.435 e. The summed E-state index contributed by atoms with van der Waals surface area (Å²) in [5.74, 6) is -0.240. The molecule has 2 aromatic heterocycles. The molecular weight excluding hydrogens is 406 g/mol. The van der Waals surface area contributed by atoms with Gasteiger partial charge in [-0.3, -0.25) is 9.59 Å². The van der Waals surface area contributed by atoms with Crippen LogP contribution in [0.2, 0.25) is 0 Å². The zero-order valence-electron chi connectivity index (χ0n) is 16.8. The molecule has 4 aromatic rings. The fourth-order valence-electron chi connectivity index (χ4n) is 3.57. The largest absolute Gasteiger partial charge is 0.435 e. The number of halogens is 2. The summed E-state index contributed by atoms with van der Waals surface area (Å²) in [6, 6.07) is 14.7. The van der Waals surface area contributed by atoms with Crippen molar-refractivity contribution in [2.45, 2.75) is 27.0 Å². The Hall–Kier alpha value is -3.88. The third-order valence-electron chi connectivity index (χ3n) is 4.97. The number of aromatic nitrogens is 4. The maximum absolute atomic E-state index is 13.0. The van der Waals surface area contributed by atoms with E-state index in [4.69, 9.17) is 0 Å². The highest BCUT2D eigenvalue weighted by Gasteiger charge is 2.19. The molecule has 7 nitrogen and oxygen atoms in total. The molecule has 0 amide bonds. The quantitative estimate of drug-likeness (QED) is 0.441. The van der Waals surface area contributed by atoms with Gasteiger partial charge in [0.1, 0.15) is 17.8 Å². The van der Waals surface area contributed by atoms with Crippen LogP contribution in [0, 0.1) is 13.8 Å². The van der Waals surface area contributed by atoms with Gasteiger partial charge in [-0.15, -0.1) is 5.10 Å². The number of ether oxygens (including phenoxy) is 1. The number of rotatable bonds is 6. The van der Waals surface area contributed by atoms with E-state index in [1.54, 1.807) is 49.4 Å². The van der Waals surface area contributed by atoms with Crippen LogP contribution in [0.4, 0.5) is 8.78 Å². The molecule has 4 rings (SSSR count). The van der Waals surface area contributed by atoms with Gasteiger partial charge in [-0.2, -0.15) is 8.78 Å². The molecule has 158 valence electrons. The van der Waals surface area contributed by atoms with E-state index in [0.29, 0.717) is 27.8 Å². The van der Waals surface area contributed by atoms with Crippen LogP contribution in [0.3, 0.4) is 0 Å². The van der Waals surface area contributed by atoms with Gasteiger partial charge in [0.2, 0.25) is 0 Å². The number of benzene rings is 2. The lowest BCUT2D eigenvalue weighted by Crippen LogP contribution is -2.28. The molecule has 0 fully saturated rings. The van der Waals surface area contributed by atoms with E-state index in [0.717, 1.165) is 10.4 Å². The van der Waals surface area contributed by atoms with Crippen LogP contribution in [-0.2, 0) is 6.54 Å². The topological polar surface area (TPSA) is 79.0 Å². The summed E-state index contributed by atoms with van der Waals surface area (Å²) in [5, 5.41) is 8.26. The average molecular weight is 424 g/mol. The molecule has 31 heavy (non-hydrogen) atoms. The number of ketones is 1. The van der Waals surface area contributed by atoms with Gasteiger partial charge < -0.3 is 9.30 Å². The molecule has 0 bridgehead atoms. The normalized spacial score (nSPS) is 11.3. The summed E-state index contributed by atoms with van der Waals surface area (Å²) >= 11 is 0. The van der Waals surface area contributed by atoms with Crippen molar-refractivity contribution in [3.63, 3.8) is 0 Å². The van der Waals surface area contributed by atoms with E-state index in [1.807, 2.05) is 11.5 Å². The minimum absolute atomic E-state index is 0.0479. The summed E-state index contributed by atoms with van der Waals surface area (Å²) < 4.78 is 32.0. The molecule has 0 saturated heterocycles. The Bertz CT molecular complexity index is 1330. The van der Waals surface area contributed by atoms with E-state index in [1.165, 1.54) is 12.1 Å². The number of alkyl halides is 2. The van der Waals surface area contributed by atoms with E-state index in [-0.39, 0.29) is 23.6 Å². The fraction of sp³-hybridized carbons (Fsp3) is 0.182. The van der Waals surface area contributed by atoms with Gasteiger partial charge in [0, 0.05) is 22.6 Å². The average Bonchev–Trinajstić information content (AvgIpc) is 3.04. The second kappa shape index (κ2) is 8.10. The maximum atomic E-state index is 13.0. The van der Waals surface area contributed by atoms with Crippen molar-refractivity contribution >= 4 is 16.7 Å². The van der Waals surface area contributed by atoms with Gasteiger partial charge in [-0.1, -0.05) is 17.3 Å². The number of fused-ring (bicyclic) bond motifs is 1. The van der Waals surface area contributed by atoms with Gasteiger partial charge in [-0.05, 0) is 56.3 Å². The predicted octanol–water partition coefficient (Wildman–Crippen LogP) is 3.68. The standard InChI is InChI=1S/C22H18F2N4O3/c1-13-11-18(14(2)28(13)15-7-9-16(10-8-15)31-22(23)24)20(29)12-27-21(30)17-5-3-4-6-19(17)25-26-27/h3-11,22H,12H2,1-2H3. The Morgan fingerprint density at radius 1 is 1.10 bits per heavy atom. The van der Waals surface area contributed by atoms with Gasteiger partial charge in [-0.25, -0.2) is 4.68 Å². The van der Waals surface area contributed by atoms with Crippen molar-refractivity contribution in [1.82, 2.24) is 19.6 Å². The van der Waals surface area contributed by atoms with Crippen molar-refractivity contribution in [3.8, 4) is 11.4 Å². The van der Waals surface area contributed by atoms with Gasteiger partial charge >= 0.3 is 6.61 Å². The van der Waals surface area contributed by atoms with Crippen molar-refractivity contribution in [1.29, 1.82) is 0 Å². The molecule has 0 saturated carbocycles. The number of hydrogen-bond donors (Lipinski definition) is 0. The summed E-state index contributed by atoms with van der Waals surface area (Å²) in [5.41, 5.74) is 2.65. The highest BCUT2D eigenvalue weighted by atomic mass is 19.3. The fourth-order valence-corrected chi connectivity index (χ4v) is 3.57. The van der Waals surface area contributed by atoms with Crippen LogP contribution in [-0.4, -0.2) is 32.0 Å². The second-order valence-corrected chi connectivity index (χ2v) is 6.99. The van der Waals surface area contributed by atoms with Crippen LogP contribution in [0.15, 0.2) is 59.4 Å². The lowest BCUT2D eigenvalue weighted by Gasteiger charge is -2.11. The van der Waals surface area contributed by atoms with Crippen LogP contribution in [0.25, 0.3) is 16.6 Å². The Balaban J connectivity index is 1.63. The Labute approximate surface area is 175 Å². The third-order valence-corrected chi connectivity index (χ3v) is 4.97. The van der Waals surface area contributed by atoms with E-state index >= 15 is 0 Å². The van der Waals surface area contributed by atoms with Gasteiger partial charge in [0.05, 0.1) is 5.39 Å². The lowest BCUT2D eigenvalue weighted by atomic mass is 10.1. The van der Waals surface area contributed by atoms with Crippen molar-refractivity contribution in [3.05, 3.63) is 81.9 Å². The minimum atomic E-state index is -2.90. The van der Waals surface area contributed by atoms with E-state index in [2.05, 4.69) is 15.0 Å². The number of carbonyl (C=O) groups excluding carboxylic acids is 1. The number of nitrogens with zero attached hydrogens (tertiary/aromatic N) is 4. The summed E-state index contributed by atoms with van der Waals surface area (Å²) in [6.07, 6.45) is 0. The molecule has 0 unspecified atom stereocenters. The molecule has 0 aliphatic heterocycles. The third kappa shape index (κ3) is 3.94. The molecule has 0 atom stereocenters. The molecule has 2 heterocycles. The molecular formula is C22H18F2N4O3. The van der Waals surface area contributed by atoms with Crippen LogP contribution < -0.4 is 10.3 Å². The first kappa shape index (κ1) is 20.4. The monoisotopic (exact) mass is 424 g/mol. The summed E-state index contributed by atoms with van der Waals surface area (Å²) in [6.45, 7) is 0.461. The SMILES string of the molecule is Cc1cc(C(=O)Cn2nnc3ccccc3c2=O)c(C)n1-c1ccc(OC(F)F)cc1. The maximum Gasteiger partial charge on any atom is 0.387 e. The molecule has 0 radical (unpaired) electrons. The van der Waals surface area contributed by atoms with Crippen LogP contribution in [0.1, 0.15) is 21.7 Å². The van der Waals surface area contributed by atoms with Crippen LogP contribution >= 0.6 is 0 Å². The molecule has 9 heteroatoms. The molecule has 0 aliphatic rings. The number of Topliss-reactive ketones (excluding diaryl/α,β-unsaturated/α-hetero) is 1. The first-order chi connectivity index (χ1) is 14.8. The smallest absolute Gasteiger partial charge is 0.387 e. The second-order valence-electron chi connectivity index (χ2n) is 6.99. The Kier molecular flexibility index (Phi) is 5.33. The Morgan fingerprint density at radius 3 is 2.52 bits per heavy atom. The molecule has 0 aliphatic carbocycles. The molecule has 0 N–H and O–H groups in total. The van der Waals surface area contributed by atoms with Gasteiger partial charge in [0.15, 0.2) is 5.78 Å². The first-order valence-electron chi connectivity index (χ1n) is 9.45. The Morgan fingerprint density at radius 2 is 1.81 bits per heavy atom. The molecule has 2 aromatic carbocycles. The summed E-state index contributed by atoms with van der Waals surface area (Å²) in [4.78, 5) is 25.6.